The summed E-state index contributed by atoms with van der Waals surface area (Å²) in [5.74, 6) is -0.126. The fraction of sp³-hybridized carbons (Fsp3) is 0.714. The summed E-state index contributed by atoms with van der Waals surface area (Å²) >= 11 is 0. The van der Waals surface area contributed by atoms with Crippen LogP contribution in [0.25, 0.3) is 0 Å². The highest BCUT2D eigenvalue weighted by molar-refractivity contribution is 5.84. The fourth-order valence-corrected chi connectivity index (χ4v) is 2.86. The number of methoxy groups -OCH3 is 1. The van der Waals surface area contributed by atoms with Gasteiger partial charge in [0.25, 0.3) is 5.82 Å². The first-order valence-corrected chi connectivity index (χ1v) is 7.26. The molecule has 0 saturated heterocycles. The Morgan fingerprint density at radius 3 is 2.81 bits per heavy atom. The number of hydrogen-bond acceptors (Lipinski definition) is 5. The molecule has 0 N–H and O–H groups in total. The molecule has 1 aliphatic rings. The number of esters is 1. The van der Waals surface area contributed by atoms with E-state index in [1.165, 1.54) is 31.0 Å². The molecule has 7 heteroatoms. The molecule has 1 saturated carbocycles. The van der Waals surface area contributed by atoms with E-state index >= 15 is 0 Å². The Bertz CT molecular complexity index is 514. The maximum atomic E-state index is 12.3. The third-order valence-electron chi connectivity index (χ3n) is 4.16. The van der Waals surface area contributed by atoms with E-state index in [9.17, 15) is 9.59 Å². The van der Waals surface area contributed by atoms with E-state index in [0.717, 1.165) is 12.8 Å². The van der Waals surface area contributed by atoms with Gasteiger partial charge < -0.3 is 9.64 Å². The highest BCUT2D eigenvalue weighted by Crippen LogP contribution is 2.27. The Morgan fingerprint density at radius 1 is 1.43 bits per heavy atom. The minimum absolute atomic E-state index is 0.0185. The summed E-state index contributed by atoms with van der Waals surface area (Å²) in [5.41, 5.74) is 0. The van der Waals surface area contributed by atoms with Crippen LogP contribution >= 0.6 is 0 Å². The van der Waals surface area contributed by atoms with E-state index in [4.69, 9.17) is 0 Å². The molecule has 1 aliphatic carbocycles. The largest absolute Gasteiger partial charge is 0.463 e. The van der Waals surface area contributed by atoms with Crippen LogP contribution in [-0.4, -0.2) is 51.7 Å². The molecule has 2 atom stereocenters. The molecule has 0 aromatic carbocycles. The van der Waals surface area contributed by atoms with Crippen LogP contribution in [0.4, 0.5) is 0 Å². The van der Waals surface area contributed by atoms with Gasteiger partial charge in [-0.25, -0.2) is 14.5 Å². The summed E-state index contributed by atoms with van der Waals surface area (Å²) in [6, 6.07) is 0.287. The second-order valence-corrected chi connectivity index (χ2v) is 5.59. The van der Waals surface area contributed by atoms with E-state index in [0.29, 0.717) is 5.92 Å². The van der Waals surface area contributed by atoms with Crippen molar-refractivity contribution in [3.05, 3.63) is 12.2 Å². The number of aromatic nitrogens is 3. The molecule has 7 nitrogen and oxygen atoms in total. The van der Waals surface area contributed by atoms with Gasteiger partial charge in [-0.3, -0.25) is 4.79 Å². The minimum atomic E-state index is -0.601. The maximum absolute atomic E-state index is 12.3. The van der Waals surface area contributed by atoms with Gasteiger partial charge in [-0.1, -0.05) is 19.8 Å². The molecule has 1 heterocycles. The average Bonchev–Trinajstić information content (AvgIpc) is 2.94. The van der Waals surface area contributed by atoms with Crippen molar-refractivity contribution in [2.75, 3.05) is 14.2 Å². The summed E-state index contributed by atoms with van der Waals surface area (Å²) < 4.78 is 5.91. The van der Waals surface area contributed by atoms with Gasteiger partial charge in [0, 0.05) is 13.1 Å². The Balaban J connectivity index is 1.97. The van der Waals surface area contributed by atoms with Crippen molar-refractivity contribution in [1.29, 1.82) is 0 Å². The Morgan fingerprint density at radius 2 is 2.14 bits per heavy atom. The zero-order valence-electron chi connectivity index (χ0n) is 12.8. The van der Waals surface area contributed by atoms with Crippen molar-refractivity contribution in [3.8, 4) is 0 Å². The first-order valence-electron chi connectivity index (χ1n) is 7.26. The number of nitrogens with zero attached hydrogens (tertiary/aromatic N) is 4. The lowest BCUT2D eigenvalue weighted by atomic mass is 9.85. The summed E-state index contributed by atoms with van der Waals surface area (Å²) in [6.45, 7) is 2.28. The molecule has 1 aromatic heterocycles. The van der Waals surface area contributed by atoms with Crippen LogP contribution in [0.1, 0.15) is 43.2 Å². The van der Waals surface area contributed by atoms with Crippen LogP contribution in [0.15, 0.2) is 6.33 Å². The molecule has 2 rings (SSSR count). The van der Waals surface area contributed by atoms with E-state index < -0.39 is 5.97 Å². The van der Waals surface area contributed by atoms with E-state index in [1.54, 1.807) is 0 Å². The molecule has 2 unspecified atom stereocenters. The number of ether oxygens (including phenoxy) is 1. The number of carbonyl (C=O) groups excluding carboxylic acids is 2. The molecule has 1 aromatic rings. The summed E-state index contributed by atoms with van der Waals surface area (Å²) in [5, 5.41) is 3.95. The van der Waals surface area contributed by atoms with Crippen molar-refractivity contribution in [1.82, 2.24) is 19.7 Å². The van der Waals surface area contributed by atoms with Crippen LogP contribution in [0.2, 0.25) is 0 Å². The predicted octanol–water partition coefficient (Wildman–Crippen LogP) is 1.10. The summed E-state index contributed by atoms with van der Waals surface area (Å²) in [4.78, 5) is 29.3. The van der Waals surface area contributed by atoms with Crippen molar-refractivity contribution >= 4 is 11.9 Å². The normalized spacial score (nSPS) is 21.9. The Labute approximate surface area is 124 Å². The van der Waals surface area contributed by atoms with E-state index in [2.05, 4.69) is 21.7 Å². The van der Waals surface area contributed by atoms with Crippen LogP contribution in [0.3, 0.4) is 0 Å². The molecule has 0 radical (unpaired) electrons. The lowest BCUT2D eigenvalue weighted by Crippen LogP contribution is -2.44. The van der Waals surface area contributed by atoms with Crippen LogP contribution < -0.4 is 0 Å². The number of likely N-dealkylation sites (N-methyl/N-ethyl adjacent to an activating group) is 1. The molecule has 1 fully saturated rings. The zero-order valence-corrected chi connectivity index (χ0v) is 12.8. The van der Waals surface area contributed by atoms with E-state index in [-0.39, 0.29) is 24.3 Å². The SMILES string of the molecule is COC(=O)c1ncn(CC(=O)N(C)C2CCCCC2C)n1. The average molecular weight is 294 g/mol. The van der Waals surface area contributed by atoms with Gasteiger partial charge in [-0.05, 0) is 18.8 Å². The van der Waals surface area contributed by atoms with Crippen molar-refractivity contribution < 1.29 is 14.3 Å². The second kappa shape index (κ2) is 6.69. The Hall–Kier alpha value is -1.92. The standard InChI is InChI=1S/C14H22N4O3/c1-10-6-4-5-7-11(10)17(2)12(19)8-18-9-15-13(16-18)14(20)21-3/h9-11H,4-8H2,1-3H3. The van der Waals surface area contributed by atoms with Crippen LogP contribution in [0.5, 0.6) is 0 Å². The molecule has 116 valence electrons. The first-order chi connectivity index (χ1) is 10.0. The topological polar surface area (TPSA) is 77.3 Å². The van der Waals surface area contributed by atoms with Gasteiger partial charge >= 0.3 is 5.97 Å². The smallest absolute Gasteiger partial charge is 0.377 e. The van der Waals surface area contributed by atoms with Gasteiger partial charge in [0.1, 0.15) is 12.9 Å². The van der Waals surface area contributed by atoms with Gasteiger partial charge in [0.05, 0.1) is 7.11 Å². The number of carbonyl (C=O) groups is 2. The van der Waals surface area contributed by atoms with Gasteiger partial charge in [0.15, 0.2) is 0 Å². The molecular formula is C14H22N4O3. The second-order valence-electron chi connectivity index (χ2n) is 5.59. The molecule has 0 spiro atoms. The number of hydrogen-bond donors (Lipinski definition) is 0. The molecule has 1 amide bonds. The zero-order chi connectivity index (χ0) is 15.4. The summed E-state index contributed by atoms with van der Waals surface area (Å²) in [7, 11) is 3.11. The lowest BCUT2D eigenvalue weighted by molar-refractivity contribution is -0.134. The fourth-order valence-electron chi connectivity index (χ4n) is 2.86. The quantitative estimate of drug-likeness (QED) is 0.777. The lowest BCUT2D eigenvalue weighted by Gasteiger charge is -2.36. The highest BCUT2D eigenvalue weighted by Gasteiger charge is 2.28. The maximum Gasteiger partial charge on any atom is 0.377 e. The third-order valence-corrected chi connectivity index (χ3v) is 4.16. The molecule has 21 heavy (non-hydrogen) atoms. The third kappa shape index (κ3) is 3.59. The van der Waals surface area contributed by atoms with Gasteiger partial charge in [0.2, 0.25) is 5.91 Å². The minimum Gasteiger partial charge on any atom is -0.463 e. The Kier molecular flexibility index (Phi) is 4.93. The summed E-state index contributed by atoms with van der Waals surface area (Å²) in [6.07, 6.45) is 6.00. The first kappa shape index (κ1) is 15.5. The van der Waals surface area contributed by atoms with Gasteiger partial charge in [-0.15, -0.1) is 5.10 Å². The van der Waals surface area contributed by atoms with Crippen molar-refractivity contribution in [2.24, 2.45) is 5.92 Å². The predicted molar refractivity (Wildman–Crippen MR) is 75.6 cm³/mol. The molecular weight excluding hydrogens is 272 g/mol. The van der Waals surface area contributed by atoms with Crippen molar-refractivity contribution in [3.63, 3.8) is 0 Å². The monoisotopic (exact) mass is 294 g/mol. The van der Waals surface area contributed by atoms with Crippen LogP contribution in [0, 0.1) is 5.92 Å². The van der Waals surface area contributed by atoms with Crippen molar-refractivity contribution in [2.45, 2.75) is 45.2 Å². The number of rotatable bonds is 4. The van der Waals surface area contributed by atoms with E-state index in [1.807, 2.05) is 11.9 Å². The number of amides is 1. The van der Waals surface area contributed by atoms with Gasteiger partial charge in [-0.2, -0.15) is 0 Å². The highest BCUT2D eigenvalue weighted by atomic mass is 16.5. The molecule has 0 aliphatic heterocycles. The molecule has 0 bridgehead atoms. The van der Waals surface area contributed by atoms with Crippen LogP contribution in [-0.2, 0) is 16.1 Å².